The van der Waals surface area contributed by atoms with Crippen molar-refractivity contribution in [3.05, 3.63) is 82.9 Å². The van der Waals surface area contributed by atoms with E-state index in [1.807, 2.05) is 43.3 Å². The third-order valence-corrected chi connectivity index (χ3v) is 7.41. The average Bonchev–Trinajstić information content (AvgIpc) is 3.16. The van der Waals surface area contributed by atoms with Crippen LogP contribution in [-0.2, 0) is 16.4 Å². The molecule has 154 valence electrons. The van der Waals surface area contributed by atoms with Crippen LogP contribution in [0, 0.1) is 6.92 Å². The van der Waals surface area contributed by atoms with Crippen molar-refractivity contribution < 1.29 is 8.42 Å². The molecule has 1 aliphatic rings. The van der Waals surface area contributed by atoms with Gasteiger partial charge in [-0.3, -0.25) is 4.31 Å². The highest BCUT2D eigenvalue weighted by atomic mass is 35.5. The number of fused-ring (bicyclic) bond motifs is 1. The predicted molar refractivity (Wildman–Crippen MR) is 127 cm³/mol. The molecule has 0 aliphatic carbocycles. The highest BCUT2D eigenvalue weighted by molar-refractivity contribution is 7.92. The molecule has 3 aromatic carbocycles. The molecule has 0 atom stereocenters. The molecule has 3 aromatic rings. The molecule has 0 radical (unpaired) electrons. The molecule has 0 unspecified atom stereocenters. The first-order valence-corrected chi connectivity index (χ1v) is 11.6. The van der Waals surface area contributed by atoms with Crippen LogP contribution >= 0.6 is 23.8 Å². The summed E-state index contributed by atoms with van der Waals surface area (Å²) >= 11 is 11.5. The summed E-state index contributed by atoms with van der Waals surface area (Å²) < 4.78 is 27.6. The number of aryl methyl sites for hydroxylation is 1. The SMILES string of the molecule is Cc1ccc(NC(=S)Nc2ccc(S(=O)(=O)N3CCc4ccccc43)cc2)cc1Cl. The van der Waals surface area contributed by atoms with Gasteiger partial charge in [0, 0.05) is 22.9 Å². The number of anilines is 3. The van der Waals surface area contributed by atoms with E-state index in [2.05, 4.69) is 10.6 Å². The number of benzene rings is 3. The Bertz CT molecular complexity index is 1210. The fraction of sp³-hybridized carbons (Fsp3) is 0.136. The number of nitrogens with zero attached hydrogens (tertiary/aromatic N) is 1. The topological polar surface area (TPSA) is 61.4 Å². The first kappa shape index (κ1) is 20.7. The molecule has 0 spiro atoms. The van der Waals surface area contributed by atoms with Gasteiger partial charge in [-0.2, -0.15) is 0 Å². The van der Waals surface area contributed by atoms with Gasteiger partial charge in [0.25, 0.3) is 10.0 Å². The monoisotopic (exact) mass is 457 g/mol. The Morgan fingerprint density at radius 3 is 2.40 bits per heavy atom. The molecule has 30 heavy (non-hydrogen) atoms. The summed E-state index contributed by atoms with van der Waals surface area (Å²) in [6.45, 7) is 2.38. The number of para-hydroxylation sites is 1. The number of hydrogen-bond donors (Lipinski definition) is 2. The van der Waals surface area contributed by atoms with Crippen molar-refractivity contribution in [1.82, 2.24) is 0 Å². The number of sulfonamides is 1. The standard InChI is InChI=1S/C22H20ClN3O2S2/c1-15-6-7-18(14-20(15)23)25-22(29)24-17-8-10-19(11-9-17)30(27,28)26-13-12-16-4-2-3-5-21(16)26/h2-11,14H,12-13H2,1H3,(H2,24,25,29). The maximum Gasteiger partial charge on any atom is 0.264 e. The smallest absolute Gasteiger partial charge is 0.264 e. The lowest BCUT2D eigenvalue weighted by Crippen LogP contribution is -2.29. The lowest BCUT2D eigenvalue weighted by atomic mass is 10.2. The van der Waals surface area contributed by atoms with Gasteiger partial charge in [-0.15, -0.1) is 0 Å². The van der Waals surface area contributed by atoms with Crippen LogP contribution in [0.25, 0.3) is 0 Å². The Morgan fingerprint density at radius 2 is 1.67 bits per heavy atom. The number of nitrogens with one attached hydrogen (secondary N) is 2. The summed E-state index contributed by atoms with van der Waals surface area (Å²) in [4.78, 5) is 0.244. The minimum absolute atomic E-state index is 0.244. The Kier molecular flexibility index (Phi) is 5.69. The minimum atomic E-state index is -3.61. The van der Waals surface area contributed by atoms with E-state index in [0.717, 1.165) is 28.9 Å². The van der Waals surface area contributed by atoms with E-state index in [1.54, 1.807) is 30.3 Å². The Labute approximate surface area is 186 Å². The van der Waals surface area contributed by atoms with Gasteiger partial charge in [0.2, 0.25) is 0 Å². The molecule has 4 rings (SSSR count). The van der Waals surface area contributed by atoms with Crippen LogP contribution < -0.4 is 14.9 Å². The number of rotatable bonds is 4. The van der Waals surface area contributed by atoms with E-state index in [1.165, 1.54) is 4.31 Å². The Morgan fingerprint density at radius 1 is 1.00 bits per heavy atom. The average molecular weight is 458 g/mol. The van der Waals surface area contributed by atoms with Crippen LogP contribution in [0.3, 0.4) is 0 Å². The Balaban J connectivity index is 1.46. The molecule has 0 saturated heterocycles. The fourth-order valence-corrected chi connectivity index (χ4v) is 5.28. The summed E-state index contributed by atoms with van der Waals surface area (Å²) in [7, 11) is -3.61. The second-order valence-electron chi connectivity index (χ2n) is 7.02. The van der Waals surface area contributed by atoms with Crippen molar-refractivity contribution in [1.29, 1.82) is 0 Å². The second kappa shape index (κ2) is 8.26. The van der Waals surface area contributed by atoms with Gasteiger partial charge in [-0.25, -0.2) is 8.42 Å². The molecule has 8 heteroatoms. The lowest BCUT2D eigenvalue weighted by molar-refractivity contribution is 0.592. The number of halogens is 1. The normalized spacial score (nSPS) is 13.1. The van der Waals surface area contributed by atoms with Gasteiger partial charge in [-0.1, -0.05) is 35.9 Å². The highest BCUT2D eigenvalue weighted by Gasteiger charge is 2.30. The first-order chi connectivity index (χ1) is 14.3. The molecule has 1 aliphatic heterocycles. The second-order valence-corrected chi connectivity index (χ2v) is 9.70. The third-order valence-electron chi connectivity index (χ3n) is 4.97. The van der Waals surface area contributed by atoms with Crippen LogP contribution in [-0.4, -0.2) is 20.1 Å². The molecule has 0 fully saturated rings. The minimum Gasteiger partial charge on any atom is -0.332 e. The van der Waals surface area contributed by atoms with E-state index in [4.69, 9.17) is 23.8 Å². The summed E-state index contributed by atoms with van der Waals surface area (Å²) in [6, 6.07) is 19.8. The molecule has 0 saturated carbocycles. The zero-order valence-electron chi connectivity index (χ0n) is 16.2. The van der Waals surface area contributed by atoms with E-state index in [-0.39, 0.29) is 4.90 Å². The summed E-state index contributed by atoms with van der Waals surface area (Å²) in [5.41, 5.74) is 4.24. The summed E-state index contributed by atoms with van der Waals surface area (Å²) in [6.07, 6.45) is 0.720. The largest absolute Gasteiger partial charge is 0.332 e. The van der Waals surface area contributed by atoms with Crippen LogP contribution in [0.4, 0.5) is 17.1 Å². The van der Waals surface area contributed by atoms with E-state index in [0.29, 0.717) is 22.4 Å². The van der Waals surface area contributed by atoms with Gasteiger partial charge in [-0.05, 0) is 79.2 Å². The van der Waals surface area contributed by atoms with Gasteiger partial charge >= 0.3 is 0 Å². The van der Waals surface area contributed by atoms with Crippen LogP contribution in [0.1, 0.15) is 11.1 Å². The quantitative estimate of drug-likeness (QED) is 0.526. The van der Waals surface area contributed by atoms with Crippen LogP contribution in [0.15, 0.2) is 71.6 Å². The zero-order chi connectivity index (χ0) is 21.3. The molecular weight excluding hydrogens is 438 g/mol. The van der Waals surface area contributed by atoms with Crippen molar-refractivity contribution >= 4 is 56.0 Å². The van der Waals surface area contributed by atoms with Crippen molar-refractivity contribution in [3.63, 3.8) is 0 Å². The molecule has 0 bridgehead atoms. The van der Waals surface area contributed by atoms with E-state index >= 15 is 0 Å². The fourth-order valence-electron chi connectivity index (χ4n) is 3.36. The number of hydrogen-bond acceptors (Lipinski definition) is 3. The summed E-state index contributed by atoms with van der Waals surface area (Å²) in [5.74, 6) is 0. The van der Waals surface area contributed by atoms with Crippen molar-refractivity contribution in [2.24, 2.45) is 0 Å². The molecule has 5 nitrogen and oxygen atoms in total. The van der Waals surface area contributed by atoms with Crippen molar-refractivity contribution in [2.45, 2.75) is 18.2 Å². The molecule has 0 aromatic heterocycles. The van der Waals surface area contributed by atoms with Crippen LogP contribution in [0.2, 0.25) is 5.02 Å². The predicted octanol–water partition coefficient (Wildman–Crippen LogP) is 5.21. The van der Waals surface area contributed by atoms with E-state index in [9.17, 15) is 8.42 Å². The Hall–Kier alpha value is -2.61. The first-order valence-electron chi connectivity index (χ1n) is 9.39. The van der Waals surface area contributed by atoms with E-state index < -0.39 is 10.0 Å². The third kappa shape index (κ3) is 4.14. The number of thiocarbonyl (C=S) groups is 1. The maximum atomic E-state index is 13.1. The van der Waals surface area contributed by atoms with Crippen molar-refractivity contribution in [3.8, 4) is 0 Å². The van der Waals surface area contributed by atoms with Gasteiger partial charge in [0.1, 0.15) is 0 Å². The van der Waals surface area contributed by atoms with Crippen molar-refractivity contribution in [2.75, 3.05) is 21.5 Å². The summed E-state index contributed by atoms with van der Waals surface area (Å²) in [5, 5.41) is 7.17. The molecule has 0 amide bonds. The molecule has 2 N–H and O–H groups in total. The van der Waals surface area contributed by atoms with Crippen LogP contribution in [0.5, 0.6) is 0 Å². The maximum absolute atomic E-state index is 13.1. The highest BCUT2D eigenvalue weighted by Crippen LogP contribution is 2.32. The zero-order valence-corrected chi connectivity index (χ0v) is 18.6. The molecular formula is C22H20ClN3O2S2. The lowest BCUT2D eigenvalue weighted by Gasteiger charge is -2.20. The van der Waals surface area contributed by atoms with Gasteiger partial charge in [0.15, 0.2) is 5.11 Å². The van der Waals surface area contributed by atoms with Gasteiger partial charge < -0.3 is 10.6 Å². The molecule has 1 heterocycles. The van der Waals surface area contributed by atoms with Gasteiger partial charge in [0.05, 0.1) is 10.6 Å².